The van der Waals surface area contributed by atoms with Crippen LogP contribution in [0.5, 0.6) is 0 Å². The molecule has 4 aromatic rings. The lowest BCUT2D eigenvalue weighted by atomic mass is 10.0. The zero-order valence-electron chi connectivity index (χ0n) is 20.8. The van der Waals surface area contributed by atoms with Crippen molar-refractivity contribution in [3.8, 4) is 0 Å². The van der Waals surface area contributed by atoms with Gasteiger partial charge in [0.05, 0.1) is 22.5 Å². The Balaban J connectivity index is 1.53. The summed E-state index contributed by atoms with van der Waals surface area (Å²) in [7, 11) is 0. The standard InChI is InChI=1S/C29H26F4N4O/c1-2-26-35-24-13-15-36(17-20-11-12-21(16-23(20)30)29(31,32)33)18-22(24)28(38)37(26)27(19-8-4-3-5-9-19)25-10-6-7-14-34-25/h3-12,14,16,27H,2,13,15,17-18H2,1H3. The summed E-state index contributed by atoms with van der Waals surface area (Å²) < 4.78 is 55.1. The first-order valence-corrected chi connectivity index (χ1v) is 12.4. The molecular weight excluding hydrogens is 496 g/mol. The number of hydrogen-bond donors (Lipinski definition) is 0. The molecule has 5 rings (SSSR count). The quantitative estimate of drug-likeness (QED) is 0.312. The van der Waals surface area contributed by atoms with Crippen LogP contribution in [-0.4, -0.2) is 26.0 Å². The number of rotatable bonds is 6. The smallest absolute Gasteiger partial charge is 0.294 e. The maximum atomic E-state index is 14.5. The molecule has 0 radical (unpaired) electrons. The minimum absolute atomic E-state index is 0.0841. The highest BCUT2D eigenvalue weighted by atomic mass is 19.4. The maximum Gasteiger partial charge on any atom is 0.416 e. The molecule has 5 nitrogen and oxygen atoms in total. The van der Waals surface area contributed by atoms with E-state index in [1.54, 1.807) is 10.8 Å². The molecule has 1 aliphatic heterocycles. The fourth-order valence-electron chi connectivity index (χ4n) is 4.96. The fraction of sp³-hybridized carbons (Fsp3) is 0.276. The van der Waals surface area contributed by atoms with Gasteiger partial charge >= 0.3 is 6.18 Å². The molecule has 9 heteroatoms. The van der Waals surface area contributed by atoms with Gasteiger partial charge in [0.2, 0.25) is 0 Å². The van der Waals surface area contributed by atoms with Gasteiger partial charge in [-0.1, -0.05) is 49.4 Å². The van der Waals surface area contributed by atoms with Gasteiger partial charge in [-0.3, -0.25) is 19.2 Å². The second kappa shape index (κ2) is 10.5. The first-order valence-electron chi connectivity index (χ1n) is 12.4. The zero-order chi connectivity index (χ0) is 26.9. The largest absolute Gasteiger partial charge is 0.416 e. The van der Waals surface area contributed by atoms with Crippen molar-refractivity contribution in [2.75, 3.05) is 6.54 Å². The normalized spacial score (nSPS) is 14.8. The van der Waals surface area contributed by atoms with Gasteiger partial charge < -0.3 is 0 Å². The first-order chi connectivity index (χ1) is 18.3. The van der Waals surface area contributed by atoms with Crippen molar-refractivity contribution in [2.45, 2.75) is 45.1 Å². The van der Waals surface area contributed by atoms with E-state index >= 15 is 0 Å². The molecule has 0 spiro atoms. The molecule has 2 aromatic carbocycles. The Kier molecular flexibility index (Phi) is 7.12. The van der Waals surface area contributed by atoms with Crippen LogP contribution in [-0.2, 0) is 32.1 Å². The monoisotopic (exact) mass is 522 g/mol. The van der Waals surface area contributed by atoms with Gasteiger partial charge in [-0.25, -0.2) is 9.37 Å². The van der Waals surface area contributed by atoms with E-state index in [2.05, 4.69) is 4.98 Å². The van der Waals surface area contributed by atoms with E-state index in [-0.39, 0.29) is 24.2 Å². The lowest BCUT2D eigenvalue weighted by Crippen LogP contribution is -2.40. The molecule has 196 valence electrons. The average Bonchev–Trinajstić information content (AvgIpc) is 2.92. The number of aromatic nitrogens is 3. The molecule has 0 amide bonds. The van der Waals surface area contributed by atoms with Crippen LogP contribution in [0.4, 0.5) is 17.6 Å². The third-order valence-electron chi connectivity index (χ3n) is 6.85. The molecule has 0 saturated carbocycles. The highest BCUT2D eigenvalue weighted by Gasteiger charge is 2.32. The minimum Gasteiger partial charge on any atom is -0.294 e. The Bertz CT molecular complexity index is 1450. The number of fused-ring (bicyclic) bond motifs is 1. The van der Waals surface area contributed by atoms with Gasteiger partial charge in [0.1, 0.15) is 17.7 Å². The van der Waals surface area contributed by atoms with E-state index in [4.69, 9.17) is 4.98 Å². The van der Waals surface area contributed by atoms with Crippen molar-refractivity contribution in [1.29, 1.82) is 0 Å². The Hall–Kier alpha value is -3.85. The van der Waals surface area contributed by atoms with E-state index in [0.29, 0.717) is 48.2 Å². The van der Waals surface area contributed by atoms with Crippen LogP contribution in [0.1, 0.15) is 52.4 Å². The second-order valence-electron chi connectivity index (χ2n) is 9.31. The number of hydrogen-bond acceptors (Lipinski definition) is 4. The Morgan fingerprint density at radius 2 is 1.79 bits per heavy atom. The predicted molar refractivity (Wildman–Crippen MR) is 135 cm³/mol. The molecule has 0 aliphatic carbocycles. The summed E-state index contributed by atoms with van der Waals surface area (Å²) in [5, 5.41) is 0. The topological polar surface area (TPSA) is 51.0 Å². The van der Waals surface area contributed by atoms with Crippen LogP contribution in [0.25, 0.3) is 0 Å². The Morgan fingerprint density at radius 3 is 2.45 bits per heavy atom. The molecule has 0 fully saturated rings. The van der Waals surface area contributed by atoms with Crippen molar-refractivity contribution >= 4 is 0 Å². The number of alkyl halides is 3. The Morgan fingerprint density at radius 1 is 1.03 bits per heavy atom. The lowest BCUT2D eigenvalue weighted by molar-refractivity contribution is -0.137. The third kappa shape index (κ3) is 5.11. The summed E-state index contributed by atoms with van der Waals surface area (Å²) in [6.07, 6.45) is -1.90. The second-order valence-corrected chi connectivity index (χ2v) is 9.31. The molecule has 1 atom stereocenters. The van der Waals surface area contributed by atoms with Crippen LogP contribution in [0, 0.1) is 5.82 Å². The van der Waals surface area contributed by atoms with Crippen LogP contribution in [0.3, 0.4) is 0 Å². The van der Waals surface area contributed by atoms with Gasteiger partial charge in [-0.2, -0.15) is 13.2 Å². The number of benzene rings is 2. The summed E-state index contributed by atoms with van der Waals surface area (Å²) >= 11 is 0. The summed E-state index contributed by atoms with van der Waals surface area (Å²) in [6.45, 7) is 2.76. The van der Waals surface area contributed by atoms with Crippen LogP contribution >= 0.6 is 0 Å². The number of halogens is 4. The van der Waals surface area contributed by atoms with Crippen LogP contribution in [0.2, 0.25) is 0 Å². The number of nitrogens with zero attached hydrogens (tertiary/aromatic N) is 4. The van der Waals surface area contributed by atoms with E-state index in [1.807, 2.05) is 60.4 Å². The molecule has 38 heavy (non-hydrogen) atoms. The fourth-order valence-corrected chi connectivity index (χ4v) is 4.96. The minimum atomic E-state index is -4.61. The highest BCUT2D eigenvalue weighted by Crippen LogP contribution is 2.31. The van der Waals surface area contributed by atoms with E-state index in [1.165, 1.54) is 0 Å². The zero-order valence-corrected chi connectivity index (χ0v) is 20.8. The highest BCUT2D eigenvalue weighted by molar-refractivity contribution is 5.32. The third-order valence-corrected chi connectivity index (χ3v) is 6.85. The lowest BCUT2D eigenvalue weighted by Gasteiger charge is -2.30. The van der Waals surface area contributed by atoms with Gasteiger partial charge in [-0.05, 0) is 29.8 Å². The van der Waals surface area contributed by atoms with E-state index in [9.17, 15) is 22.4 Å². The summed E-state index contributed by atoms with van der Waals surface area (Å²) in [6, 6.07) is 17.3. The molecule has 0 saturated heterocycles. The van der Waals surface area contributed by atoms with Crippen molar-refractivity contribution in [3.05, 3.63) is 129 Å². The van der Waals surface area contributed by atoms with Gasteiger partial charge in [0.25, 0.3) is 5.56 Å². The summed E-state index contributed by atoms with van der Waals surface area (Å²) in [5.74, 6) is -0.266. The average molecular weight is 523 g/mol. The SMILES string of the molecule is CCc1nc2c(c(=O)n1C(c1ccccc1)c1ccccn1)CN(Cc1ccc(C(F)(F)F)cc1F)CC2. The predicted octanol–water partition coefficient (Wildman–Crippen LogP) is 5.55. The number of pyridine rings is 1. The molecule has 3 heterocycles. The van der Waals surface area contributed by atoms with Gasteiger partial charge in [-0.15, -0.1) is 0 Å². The van der Waals surface area contributed by atoms with Crippen molar-refractivity contribution in [3.63, 3.8) is 0 Å². The maximum absolute atomic E-state index is 14.5. The molecule has 2 aromatic heterocycles. The van der Waals surface area contributed by atoms with Gasteiger partial charge in [0.15, 0.2) is 0 Å². The molecule has 1 aliphatic rings. The summed E-state index contributed by atoms with van der Waals surface area (Å²) in [4.78, 5) is 25.4. The van der Waals surface area contributed by atoms with Crippen molar-refractivity contribution < 1.29 is 17.6 Å². The molecule has 0 bridgehead atoms. The number of aryl methyl sites for hydroxylation is 1. The molecule has 1 unspecified atom stereocenters. The Labute approximate surface area is 217 Å². The first kappa shape index (κ1) is 25.8. The summed E-state index contributed by atoms with van der Waals surface area (Å²) in [5.41, 5.74) is 1.75. The van der Waals surface area contributed by atoms with Crippen LogP contribution < -0.4 is 5.56 Å². The van der Waals surface area contributed by atoms with Gasteiger partial charge in [0, 0.05) is 44.2 Å². The van der Waals surface area contributed by atoms with Crippen LogP contribution in [0.15, 0.2) is 77.7 Å². The molecule has 0 N–H and O–H groups in total. The van der Waals surface area contributed by atoms with E-state index in [0.717, 1.165) is 17.7 Å². The molecular formula is C29H26F4N4O. The van der Waals surface area contributed by atoms with Crippen molar-refractivity contribution in [1.82, 2.24) is 19.4 Å². The van der Waals surface area contributed by atoms with E-state index < -0.39 is 23.6 Å². The van der Waals surface area contributed by atoms with Crippen molar-refractivity contribution in [2.24, 2.45) is 0 Å².